The molecule has 2 aliphatic heterocycles. The van der Waals surface area contributed by atoms with E-state index < -0.39 is 0 Å². The molecule has 0 radical (unpaired) electrons. The van der Waals surface area contributed by atoms with Crippen LogP contribution in [-0.4, -0.2) is 48.1 Å². The van der Waals surface area contributed by atoms with Crippen molar-refractivity contribution in [1.82, 2.24) is 9.80 Å². The Balaban J connectivity index is 2.05. The molecule has 104 valence electrons. The monoisotopic (exact) mass is 250 g/mol. The van der Waals surface area contributed by atoms with Gasteiger partial charge in [-0.3, -0.25) is 9.80 Å². The first-order valence-corrected chi connectivity index (χ1v) is 7.81. The first-order valence-electron chi connectivity index (χ1n) is 7.81. The molecule has 2 fully saturated rings. The van der Waals surface area contributed by atoms with Crippen molar-refractivity contribution in [2.45, 2.75) is 58.4 Å². The van der Waals surface area contributed by atoms with Crippen LogP contribution in [0.25, 0.3) is 0 Å². The van der Waals surface area contributed by atoms with Crippen molar-refractivity contribution in [3.8, 4) is 0 Å². The van der Waals surface area contributed by atoms with Gasteiger partial charge < -0.3 is 0 Å². The molecule has 18 heavy (non-hydrogen) atoms. The van der Waals surface area contributed by atoms with E-state index in [1.165, 1.54) is 64.8 Å². The molecule has 0 atom stereocenters. The van der Waals surface area contributed by atoms with E-state index in [4.69, 9.17) is 0 Å². The summed E-state index contributed by atoms with van der Waals surface area (Å²) in [5.74, 6) is 0. The van der Waals surface area contributed by atoms with Gasteiger partial charge in [0.2, 0.25) is 0 Å². The highest BCUT2D eigenvalue weighted by molar-refractivity contribution is 5.20. The standard InChI is InChI=1S/C16H30N2/c1-4-9-15(14-17-10-5-6-11-17)16(2,3)18-12-7-8-13-18/h9H,4-8,10-14H2,1-3H3/b15-9-. The maximum Gasteiger partial charge on any atom is 0.0376 e. The molecule has 0 aliphatic carbocycles. The lowest BCUT2D eigenvalue weighted by Crippen LogP contribution is -2.46. The van der Waals surface area contributed by atoms with E-state index in [2.05, 4.69) is 36.6 Å². The van der Waals surface area contributed by atoms with E-state index in [0.717, 1.165) is 0 Å². The van der Waals surface area contributed by atoms with Crippen molar-refractivity contribution < 1.29 is 0 Å². The normalized spacial score (nSPS) is 24.1. The van der Waals surface area contributed by atoms with Crippen molar-refractivity contribution in [3.63, 3.8) is 0 Å². The third-order valence-electron chi connectivity index (χ3n) is 4.73. The van der Waals surface area contributed by atoms with Crippen LogP contribution in [0.4, 0.5) is 0 Å². The minimum atomic E-state index is 0.259. The zero-order valence-corrected chi connectivity index (χ0v) is 12.5. The predicted molar refractivity (Wildman–Crippen MR) is 78.9 cm³/mol. The fourth-order valence-electron chi connectivity index (χ4n) is 3.42. The second-order valence-corrected chi connectivity index (χ2v) is 6.37. The van der Waals surface area contributed by atoms with Crippen molar-refractivity contribution in [2.24, 2.45) is 0 Å². The van der Waals surface area contributed by atoms with Crippen LogP contribution in [0.5, 0.6) is 0 Å². The summed E-state index contributed by atoms with van der Waals surface area (Å²) < 4.78 is 0. The zero-order valence-electron chi connectivity index (χ0n) is 12.5. The van der Waals surface area contributed by atoms with E-state index in [9.17, 15) is 0 Å². The Morgan fingerprint density at radius 1 is 1.00 bits per heavy atom. The van der Waals surface area contributed by atoms with E-state index in [0.29, 0.717) is 0 Å². The molecule has 2 saturated heterocycles. The second kappa shape index (κ2) is 6.21. The number of rotatable bonds is 5. The van der Waals surface area contributed by atoms with Crippen LogP contribution >= 0.6 is 0 Å². The number of hydrogen-bond acceptors (Lipinski definition) is 2. The molecular weight excluding hydrogens is 220 g/mol. The van der Waals surface area contributed by atoms with Crippen LogP contribution in [0.3, 0.4) is 0 Å². The molecule has 2 nitrogen and oxygen atoms in total. The van der Waals surface area contributed by atoms with Gasteiger partial charge in [-0.1, -0.05) is 13.0 Å². The van der Waals surface area contributed by atoms with Gasteiger partial charge >= 0.3 is 0 Å². The van der Waals surface area contributed by atoms with Crippen LogP contribution in [0.1, 0.15) is 52.9 Å². The molecule has 0 aromatic heterocycles. The molecule has 2 aliphatic rings. The Morgan fingerprint density at radius 2 is 1.56 bits per heavy atom. The molecule has 0 aromatic rings. The maximum atomic E-state index is 2.69. The quantitative estimate of drug-likeness (QED) is 0.691. The SMILES string of the molecule is CC/C=C(/CN1CCCC1)C(C)(C)N1CCCC1. The molecule has 0 N–H and O–H groups in total. The smallest absolute Gasteiger partial charge is 0.0376 e. The Hall–Kier alpha value is -0.340. The predicted octanol–water partition coefficient (Wildman–Crippen LogP) is 3.29. The average Bonchev–Trinajstić information content (AvgIpc) is 3.01. The first-order chi connectivity index (χ1) is 8.64. The lowest BCUT2D eigenvalue weighted by Gasteiger charge is -2.39. The summed E-state index contributed by atoms with van der Waals surface area (Å²) in [7, 11) is 0. The van der Waals surface area contributed by atoms with Crippen LogP contribution in [0.15, 0.2) is 11.6 Å². The summed E-state index contributed by atoms with van der Waals surface area (Å²) in [6, 6.07) is 0. The van der Waals surface area contributed by atoms with Crippen molar-refractivity contribution in [2.75, 3.05) is 32.7 Å². The number of hydrogen-bond donors (Lipinski definition) is 0. The average molecular weight is 250 g/mol. The summed E-state index contributed by atoms with van der Waals surface area (Å²) in [6.07, 6.45) is 9.20. The molecule has 2 heterocycles. The first kappa shape index (κ1) is 14.1. The van der Waals surface area contributed by atoms with Gasteiger partial charge in [0.25, 0.3) is 0 Å². The second-order valence-electron chi connectivity index (χ2n) is 6.37. The fourth-order valence-corrected chi connectivity index (χ4v) is 3.42. The van der Waals surface area contributed by atoms with Gasteiger partial charge in [0, 0.05) is 12.1 Å². The van der Waals surface area contributed by atoms with Crippen molar-refractivity contribution in [3.05, 3.63) is 11.6 Å². The minimum Gasteiger partial charge on any atom is -0.299 e. The highest BCUT2D eigenvalue weighted by Crippen LogP contribution is 2.29. The van der Waals surface area contributed by atoms with Gasteiger partial charge in [0.05, 0.1) is 0 Å². The maximum absolute atomic E-state index is 2.69. The Kier molecular flexibility index (Phi) is 4.85. The Bertz CT molecular complexity index is 281. The lowest BCUT2D eigenvalue weighted by molar-refractivity contribution is 0.178. The van der Waals surface area contributed by atoms with Gasteiger partial charge in [0.1, 0.15) is 0 Å². The van der Waals surface area contributed by atoms with Gasteiger partial charge in [-0.2, -0.15) is 0 Å². The molecular formula is C16H30N2. The van der Waals surface area contributed by atoms with Gasteiger partial charge in [-0.25, -0.2) is 0 Å². The number of nitrogens with zero attached hydrogens (tertiary/aromatic N) is 2. The summed E-state index contributed by atoms with van der Waals surface area (Å²) in [5.41, 5.74) is 1.91. The Morgan fingerprint density at radius 3 is 2.11 bits per heavy atom. The van der Waals surface area contributed by atoms with Crippen molar-refractivity contribution in [1.29, 1.82) is 0 Å². The minimum absolute atomic E-state index is 0.259. The molecule has 0 spiro atoms. The largest absolute Gasteiger partial charge is 0.299 e. The van der Waals surface area contributed by atoms with E-state index in [1.54, 1.807) is 5.57 Å². The van der Waals surface area contributed by atoms with Gasteiger partial charge in [-0.05, 0) is 77.7 Å². The summed E-state index contributed by atoms with van der Waals surface area (Å²) in [5, 5.41) is 0. The van der Waals surface area contributed by atoms with Crippen molar-refractivity contribution >= 4 is 0 Å². The summed E-state index contributed by atoms with van der Waals surface area (Å²) in [4.78, 5) is 5.32. The van der Waals surface area contributed by atoms with E-state index >= 15 is 0 Å². The molecule has 0 amide bonds. The summed E-state index contributed by atoms with van der Waals surface area (Å²) >= 11 is 0. The highest BCUT2D eigenvalue weighted by atomic mass is 15.2. The van der Waals surface area contributed by atoms with Gasteiger partial charge in [0.15, 0.2) is 0 Å². The van der Waals surface area contributed by atoms with E-state index in [1.807, 2.05) is 0 Å². The molecule has 0 aromatic carbocycles. The number of likely N-dealkylation sites (tertiary alicyclic amines) is 2. The summed E-state index contributed by atoms with van der Waals surface area (Å²) in [6.45, 7) is 13.5. The molecule has 0 bridgehead atoms. The Labute approximate surface area is 113 Å². The zero-order chi connectivity index (χ0) is 13.0. The molecule has 2 rings (SSSR count). The third-order valence-corrected chi connectivity index (χ3v) is 4.73. The van der Waals surface area contributed by atoms with Crippen LogP contribution in [0, 0.1) is 0 Å². The fraction of sp³-hybridized carbons (Fsp3) is 0.875. The number of allylic oxidation sites excluding steroid dienone is 1. The third kappa shape index (κ3) is 3.16. The topological polar surface area (TPSA) is 6.48 Å². The molecule has 2 heteroatoms. The van der Waals surface area contributed by atoms with E-state index in [-0.39, 0.29) is 5.54 Å². The lowest BCUT2D eigenvalue weighted by atomic mass is 9.90. The molecule has 0 unspecified atom stereocenters. The highest BCUT2D eigenvalue weighted by Gasteiger charge is 2.33. The van der Waals surface area contributed by atoms with Crippen LogP contribution < -0.4 is 0 Å². The molecule has 0 saturated carbocycles. The van der Waals surface area contributed by atoms with Gasteiger partial charge in [-0.15, -0.1) is 0 Å². The van der Waals surface area contributed by atoms with Crippen LogP contribution in [-0.2, 0) is 0 Å². The van der Waals surface area contributed by atoms with Crippen LogP contribution in [0.2, 0.25) is 0 Å².